The Balaban J connectivity index is 1.91. The first-order chi connectivity index (χ1) is 10.1. The first-order valence-corrected chi connectivity index (χ1v) is 6.81. The Morgan fingerprint density at radius 3 is 2.95 bits per heavy atom. The summed E-state index contributed by atoms with van der Waals surface area (Å²) in [5.41, 5.74) is 2.50. The van der Waals surface area contributed by atoms with Crippen molar-refractivity contribution in [1.82, 2.24) is 4.98 Å². The Morgan fingerprint density at radius 2 is 2.19 bits per heavy atom. The lowest BCUT2D eigenvalue weighted by Gasteiger charge is -2.34. The van der Waals surface area contributed by atoms with E-state index in [9.17, 15) is 14.3 Å². The predicted octanol–water partition coefficient (Wildman–Crippen LogP) is 2.80. The predicted molar refractivity (Wildman–Crippen MR) is 76.7 cm³/mol. The summed E-state index contributed by atoms with van der Waals surface area (Å²) >= 11 is 0. The molecular weight excluding hydrogens is 271 g/mol. The zero-order chi connectivity index (χ0) is 14.8. The lowest BCUT2D eigenvalue weighted by atomic mass is 9.90. The largest absolute Gasteiger partial charge is 0.481 e. The van der Waals surface area contributed by atoms with Gasteiger partial charge in [0.15, 0.2) is 0 Å². The average molecular weight is 286 g/mol. The van der Waals surface area contributed by atoms with Crippen LogP contribution in [0.4, 0.5) is 10.1 Å². The normalized spacial score (nSPS) is 17.4. The average Bonchev–Trinajstić information content (AvgIpc) is 2.47. The Bertz CT molecular complexity index is 675. The summed E-state index contributed by atoms with van der Waals surface area (Å²) in [6, 6.07) is 8.96. The molecule has 0 spiro atoms. The molecule has 5 heteroatoms. The molecule has 1 aliphatic heterocycles. The van der Waals surface area contributed by atoms with E-state index in [4.69, 9.17) is 0 Å². The van der Waals surface area contributed by atoms with Gasteiger partial charge in [-0.2, -0.15) is 0 Å². The number of carbonyl (C=O) groups is 1. The third-order valence-electron chi connectivity index (χ3n) is 3.77. The molecule has 0 fully saturated rings. The number of hydrogen-bond acceptors (Lipinski definition) is 3. The van der Waals surface area contributed by atoms with Crippen LogP contribution in [0.25, 0.3) is 0 Å². The summed E-state index contributed by atoms with van der Waals surface area (Å²) in [6.45, 7) is 1.15. The molecule has 3 rings (SSSR count). The van der Waals surface area contributed by atoms with Gasteiger partial charge in [0.2, 0.25) is 0 Å². The number of aromatic nitrogens is 1. The highest BCUT2D eigenvalue weighted by atomic mass is 19.1. The third kappa shape index (κ3) is 2.72. The fourth-order valence-electron chi connectivity index (χ4n) is 2.81. The van der Waals surface area contributed by atoms with Gasteiger partial charge in [-0.15, -0.1) is 0 Å². The molecule has 0 saturated heterocycles. The maximum absolute atomic E-state index is 13.2. The lowest BCUT2D eigenvalue weighted by molar-refractivity contribution is -0.139. The molecule has 108 valence electrons. The molecule has 0 bridgehead atoms. The molecule has 0 amide bonds. The number of para-hydroxylation sites is 1. The second kappa shape index (κ2) is 5.52. The summed E-state index contributed by atoms with van der Waals surface area (Å²) < 4.78 is 13.2. The van der Waals surface area contributed by atoms with E-state index < -0.39 is 11.9 Å². The number of hydrogen-bond donors (Lipinski definition) is 1. The van der Waals surface area contributed by atoms with E-state index >= 15 is 0 Å². The van der Waals surface area contributed by atoms with Crippen molar-refractivity contribution in [2.24, 2.45) is 0 Å². The smallest absolute Gasteiger partial charge is 0.311 e. The van der Waals surface area contributed by atoms with Crippen molar-refractivity contribution in [1.29, 1.82) is 0 Å². The molecule has 0 saturated carbocycles. The zero-order valence-electron chi connectivity index (χ0n) is 11.4. The van der Waals surface area contributed by atoms with E-state index in [-0.39, 0.29) is 5.82 Å². The number of pyridine rings is 1. The van der Waals surface area contributed by atoms with Crippen molar-refractivity contribution in [2.75, 3.05) is 11.4 Å². The van der Waals surface area contributed by atoms with E-state index in [1.165, 1.54) is 12.3 Å². The van der Waals surface area contributed by atoms with Crippen LogP contribution in [-0.2, 0) is 11.3 Å². The van der Waals surface area contributed by atoms with Crippen molar-refractivity contribution < 1.29 is 14.3 Å². The number of carboxylic acids is 1. The first-order valence-electron chi connectivity index (χ1n) is 6.81. The number of benzene rings is 1. The van der Waals surface area contributed by atoms with Crippen molar-refractivity contribution in [3.05, 3.63) is 59.7 Å². The molecule has 21 heavy (non-hydrogen) atoms. The van der Waals surface area contributed by atoms with Gasteiger partial charge in [0.25, 0.3) is 0 Å². The van der Waals surface area contributed by atoms with Crippen LogP contribution in [0.15, 0.2) is 42.7 Å². The number of nitrogens with zero attached hydrogens (tertiary/aromatic N) is 2. The Labute approximate surface area is 121 Å². The van der Waals surface area contributed by atoms with E-state index in [0.717, 1.165) is 16.8 Å². The van der Waals surface area contributed by atoms with Gasteiger partial charge in [-0.25, -0.2) is 4.39 Å². The van der Waals surface area contributed by atoms with Crippen molar-refractivity contribution in [3.63, 3.8) is 0 Å². The van der Waals surface area contributed by atoms with E-state index in [1.807, 2.05) is 24.3 Å². The van der Waals surface area contributed by atoms with Crippen LogP contribution in [0, 0.1) is 5.82 Å². The monoisotopic (exact) mass is 286 g/mol. The van der Waals surface area contributed by atoms with Gasteiger partial charge in [-0.3, -0.25) is 9.78 Å². The maximum atomic E-state index is 13.2. The van der Waals surface area contributed by atoms with Crippen LogP contribution in [0.2, 0.25) is 0 Å². The SMILES string of the molecule is O=C(O)C1CCN(Cc2cncc(F)c2)c2ccccc21. The van der Waals surface area contributed by atoms with Gasteiger partial charge >= 0.3 is 5.97 Å². The van der Waals surface area contributed by atoms with Crippen molar-refractivity contribution >= 4 is 11.7 Å². The minimum atomic E-state index is -0.797. The summed E-state index contributed by atoms with van der Waals surface area (Å²) in [6.07, 6.45) is 3.36. The van der Waals surface area contributed by atoms with Gasteiger partial charge in [0.05, 0.1) is 12.1 Å². The number of rotatable bonds is 3. The summed E-state index contributed by atoms with van der Waals surface area (Å²) in [5, 5.41) is 9.32. The molecule has 1 aromatic heterocycles. The van der Waals surface area contributed by atoms with Crippen LogP contribution >= 0.6 is 0 Å². The highest BCUT2D eigenvalue weighted by molar-refractivity contribution is 5.80. The minimum Gasteiger partial charge on any atom is -0.481 e. The number of anilines is 1. The van der Waals surface area contributed by atoms with Gasteiger partial charge < -0.3 is 10.0 Å². The van der Waals surface area contributed by atoms with Crippen LogP contribution in [0.5, 0.6) is 0 Å². The molecule has 1 aliphatic rings. The molecule has 1 unspecified atom stereocenters. The van der Waals surface area contributed by atoms with Crippen LogP contribution in [0.3, 0.4) is 0 Å². The zero-order valence-corrected chi connectivity index (χ0v) is 11.4. The highest BCUT2D eigenvalue weighted by Gasteiger charge is 2.29. The highest BCUT2D eigenvalue weighted by Crippen LogP contribution is 2.36. The van der Waals surface area contributed by atoms with Gasteiger partial charge in [0, 0.05) is 25.0 Å². The third-order valence-corrected chi connectivity index (χ3v) is 3.77. The molecule has 1 atom stereocenters. The molecule has 1 N–H and O–H groups in total. The fourth-order valence-corrected chi connectivity index (χ4v) is 2.81. The lowest BCUT2D eigenvalue weighted by Crippen LogP contribution is -2.33. The number of aliphatic carboxylic acids is 1. The standard InChI is InChI=1S/C16H15FN2O2/c17-12-7-11(8-18-9-12)10-19-6-5-14(16(20)21)13-3-1-2-4-15(13)19/h1-4,7-9,14H,5-6,10H2,(H,20,21). The van der Waals surface area contributed by atoms with Crippen LogP contribution < -0.4 is 4.90 Å². The molecule has 0 aliphatic carbocycles. The van der Waals surface area contributed by atoms with Crippen LogP contribution in [0.1, 0.15) is 23.5 Å². The maximum Gasteiger partial charge on any atom is 0.311 e. The van der Waals surface area contributed by atoms with E-state index in [0.29, 0.717) is 19.5 Å². The van der Waals surface area contributed by atoms with Crippen molar-refractivity contribution in [2.45, 2.75) is 18.9 Å². The second-order valence-corrected chi connectivity index (χ2v) is 5.17. The van der Waals surface area contributed by atoms with E-state index in [2.05, 4.69) is 9.88 Å². The first kappa shape index (κ1) is 13.5. The van der Waals surface area contributed by atoms with Gasteiger partial charge in [0.1, 0.15) is 5.82 Å². The summed E-state index contributed by atoms with van der Waals surface area (Å²) in [5.74, 6) is -1.63. The Morgan fingerprint density at radius 1 is 1.38 bits per heavy atom. The molecule has 0 radical (unpaired) electrons. The topological polar surface area (TPSA) is 53.4 Å². The Kier molecular flexibility index (Phi) is 3.56. The molecule has 2 aromatic rings. The fraction of sp³-hybridized carbons (Fsp3) is 0.250. The molecule has 4 nitrogen and oxygen atoms in total. The molecular formula is C16H15FN2O2. The number of halogens is 1. The number of carboxylic acid groups (broad SMARTS) is 1. The van der Waals surface area contributed by atoms with Gasteiger partial charge in [-0.05, 0) is 29.7 Å². The second-order valence-electron chi connectivity index (χ2n) is 5.17. The summed E-state index contributed by atoms with van der Waals surface area (Å²) in [7, 11) is 0. The minimum absolute atomic E-state index is 0.360. The molecule has 2 heterocycles. The summed E-state index contributed by atoms with van der Waals surface area (Å²) in [4.78, 5) is 17.3. The van der Waals surface area contributed by atoms with Crippen LogP contribution in [-0.4, -0.2) is 22.6 Å². The van der Waals surface area contributed by atoms with Gasteiger partial charge in [-0.1, -0.05) is 18.2 Å². The number of fused-ring (bicyclic) bond motifs is 1. The Hall–Kier alpha value is -2.43. The van der Waals surface area contributed by atoms with Crippen molar-refractivity contribution in [3.8, 4) is 0 Å². The van der Waals surface area contributed by atoms with E-state index in [1.54, 1.807) is 6.20 Å². The molecule has 1 aromatic carbocycles. The quantitative estimate of drug-likeness (QED) is 0.942.